The molecule has 0 saturated carbocycles. The van der Waals surface area contributed by atoms with E-state index in [0.29, 0.717) is 0 Å². The molecule has 0 heterocycles. The minimum absolute atomic E-state index is 0.0163. The molecule has 0 saturated heterocycles. The van der Waals surface area contributed by atoms with Crippen LogP contribution in [0.3, 0.4) is 0 Å². The predicted octanol–water partition coefficient (Wildman–Crippen LogP) is 1.48. The quantitative estimate of drug-likeness (QED) is 0.665. The van der Waals surface area contributed by atoms with Crippen LogP contribution in [0.25, 0.3) is 0 Å². The molecule has 0 aliphatic heterocycles. The van der Waals surface area contributed by atoms with Crippen LogP contribution in [-0.2, 0) is 10.0 Å². The highest BCUT2D eigenvalue weighted by molar-refractivity contribution is 7.89. The second kappa shape index (κ2) is 7.01. The van der Waals surface area contributed by atoms with Crippen LogP contribution in [0.2, 0.25) is 0 Å². The van der Waals surface area contributed by atoms with Gasteiger partial charge in [0.15, 0.2) is 0 Å². The SMILES string of the molecule is CCC(CC)C(O)CNS(=O)(=O)c1cccc(F)c1N. The van der Waals surface area contributed by atoms with Crippen LogP contribution in [-0.4, -0.2) is 26.2 Å². The van der Waals surface area contributed by atoms with Crippen LogP contribution in [0.5, 0.6) is 0 Å². The molecule has 5 nitrogen and oxygen atoms in total. The van der Waals surface area contributed by atoms with Gasteiger partial charge in [-0.3, -0.25) is 0 Å². The highest BCUT2D eigenvalue weighted by Gasteiger charge is 2.22. The van der Waals surface area contributed by atoms with E-state index in [-0.39, 0.29) is 17.4 Å². The lowest BCUT2D eigenvalue weighted by Gasteiger charge is -2.20. The van der Waals surface area contributed by atoms with E-state index < -0.39 is 27.6 Å². The van der Waals surface area contributed by atoms with Crippen molar-refractivity contribution in [2.45, 2.75) is 37.7 Å². The maximum Gasteiger partial charge on any atom is 0.242 e. The van der Waals surface area contributed by atoms with Crippen molar-refractivity contribution in [1.82, 2.24) is 4.72 Å². The minimum Gasteiger partial charge on any atom is -0.395 e. The summed E-state index contributed by atoms with van der Waals surface area (Å²) < 4.78 is 39.6. The average molecular weight is 304 g/mol. The largest absolute Gasteiger partial charge is 0.395 e. The van der Waals surface area contributed by atoms with Gasteiger partial charge in [0.1, 0.15) is 10.7 Å². The molecular formula is C13H21FN2O3S. The molecular weight excluding hydrogens is 283 g/mol. The predicted molar refractivity (Wildman–Crippen MR) is 76.1 cm³/mol. The highest BCUT2D eigenvalue weighted by atomic mass is 32.2. The maximum absolute atomic E-state index is 13.3. The summed E-state index contributed by atoms with van der Waals surface area (Å²) in [4.78, 5) is -0.311. The van der Waals surface area contributed by atoms with Crippen LogP contribution < -0.4 is 10.5 Å². The standard InChI is InChI=1S/C13H21FN2O3S/c1-3-9(4-2)11(17)8-16-20(18,19)12-7-5-6-10(14)13(12)15/h5-7,9,11,16-17H,3-4,8,15H2,1-2H3. The summed E-state index contributed by atoms with van der Waals surface area (Å²) in [6.07, 6.45) is 0.720. The average Bonchev–Trinajstić information content (AvgIpc) is 2.41. The van der Waals surface area contributed by atoms with Gasteiger partial charge in [-0.1, -0.05) is 32.8 Å². The highest BCUT2D eigenvalue weighted by Crippen LogP contribution is 2.21. The first-order valence-corrected chi connectivity index (χ1v) is 8.03. The Balaban J connectivity index is 2.83. The molecule has 0 aliphatic carbocycles. The van der Waals surface area contributed by atoms with Gasteiger partial charge in [-0.15, -0.1) is 0 Å². The normalized spacial score (nSPS) is 13.7. The topological polar surface area (TPSA) is 92.4 Å². The van der Waals surface area contributed by atoms with Crippen molar-refractivity contribution in [3.63, 3.8) is 0 Å². The van der Waals surface area contributed by atoms with Crippen LogP contribution in [0.15, 0.2) is 23.1 Å². The molecule has 0 amide bonds. The van der Waals surface area contributed by atoms with Gasteiger partial charge in [-0.2, -0.15) is 0 Å². The van der Waals surface area contributed by atoms with Crippen molar-refractivity contribution in [2.24, 2.45) is 5.92 Å². The van der Waals surface area contributed by atoms with E-state index in [4.69, 9.17) is 5.73 Å². The Morgan fingerprint density at radius 1 is 1.35 bits per heavy atom. The zero-order valence-corrected chi connectivity index (χ0v) is 12.5. The Morgan fingerprint density at radius 3 is 2.50 bits per heavy atom. The van der Waals surface area contributed by atoms with Gasteiger partial charge >= 0.3 is 0 Å². The molecule has 1 aromatic rings. The van der Waals surface area contributed by atoms with E-state index in [9.17, 15) is 17.9 Å². The summed E-state index contributed by atoms with van der Waals surface area (Å²) in [5.74, 6) is -0.768. The fraction of sp³-hybridized carbons (Fsp3) is 0.538. The molecule has 4 N–H and O–H groups in total. The van der Waals surface area contributed by atoms with Gasteiger partial charge in [-0.05, 0) is 18.1 Å². The van der Waals surface area contributed by atoms with Gasteiger partial charge in [0, 0.05) is 6.54 Å². The molecule has 20 heavy (non-hydrogen) atoms. The molecule has 0 aromatic heterocycles. The van der Waals surface area contributed by atoms with Gasteiger partial charge in [0.05, 0.1) is 11.8 Å². The number of nitrogens with two attached hydrogens (primary N) is 1. The lowest BCUT2D eigenvalue weighted by Crippen LogP contribution is -2.36. The Kier molecular flexibility index (Phi) is 5.91. The second-order valence-corrected chi connectivity index (χ2v) is 6.38. The lowest BCUT2D eigenvalue weighted by molar-refractivity contribution is 0.107. The molecule has 1 unspecified atom stereocenters. The number of rotatable bonds is 7. The summed E-state index contributed by atoms with van der Waals surface area (Å²) >= 11 is 0. The zero-order valence-electron chi connectivity index (χ0n) is 11.6. The first kappa shape index (κ1) is 16.9. The fourth-order valence-electron chi connectivity index (χ4n) is 2.02. The maximum atomic E-state index is 13.3. The number of aliphatic hydroxyl groups excluding tert-OH is 1. The smallest absolute Gasteiger partial charge is 0.242 e. The Bertz CT molecular complexity index is 545. The van der Waals surface area contributed by atoms with E-state index >= 15 is 0 Å². The number of benzene rings is 1. The van der Waals surface area contributed by atoms with Crippen molar-refractivity contribution in [3.05, 3.63) is 24.0 Å². The van der Waals surface area contributed by atoms with Gasteiger partial charge in [0.25, 0.3) is 0 Å². The third kappa shape index (κ3) is 3.91. The first-order chi connectivity index (χ1) is 9.33. The van der Waals surface area contributed by atoms with Gasteiger partial charge in [-0.25, -0.2) is 17.5 Å². The van der Waals surface area contributed by atoms with Gasteiger partial charge < -0.3 is 10.8 Å². The molecule has 1 rings (SSSR count). The monoisotopic (exact) mass is 304 g/mol. The summed E-state index contributed by atoms with van der Waals surface area (Å²) in [5, 5.41) is 9.91. The van der Waals surface area contributed by atoms with Crippen LogP contribution in [0.4, 0.5) is 10.1 Å². The number of halogens is 1. The van der Waals surface area contributed by atoms with Crippen LogP contribution in [0, 0.1) is 11.7 Å². The molecule has 0 spiro atoms. The number of nitrogens with one attached hydrogen (secondary N) is 1. The number of hydrogen-bond acceptors (Lipinski definition) is 4. The molecule has 114 valence electrons. The fourth-order valence-corrected chi connectivity index (χ4v) is 3.21. The van der Waals surface area contributed by atoms with Crippen molar-refractivity contribution < 1.29 is 17.9 Å². The van der Waals surface area contributed by atoms with E-state index in [1.807, 2.05) is 13.8 Å². The number of anilines is 1. The summed E-state index contributed by atoms with van der Waals surface area (Å²) in [6.45, 7) is 3.73. The second-order valence-electron chi connectivity index (χ2n) is 4.65. The molecule has 0 bridgehead atoms. The van der Waals surface area contributed by atoms with E-state index in [0.717, 1.165) is 18.9 Å². The van der Waals surface area contributed by atoms with E-state index in [1.54, 1.807) is 0 Å². The number of hydrogen-bond donors (Lipinski definition) is 3. The van der Waals surface area contributed by atoms with E-state index in [2.05, 4.69) is 4.72 Å². The van der Waals surface area contributed by atoms with E-state index in [1.165, 1.54) is 12.1 Å². The molecule has 1 aromatic carbocycles. The third-order valence-corrected chi connectivity index (χ3v) is 4.86. The minimum atomic E-state index is -3.93. The van der Waals surface area contributed by atoms with Crippen LogP contribution >= 0.6 is 0 Å². The summed E-state index contributed by atoms with van der Waals surface area (Å²) in [7, 11) is -3.93. The van der Waals surface area contributed by atoms with Crippen molar-refractivity contribution >= 4 is 15.7 Å². The Morgan fingerprint density at radius 2 is 1.95 bits per heavy atom. The summed E-state index contributed by atoms with van der Waals surface area (Å²) in [6, 6.07) is 3.59. The Hall–Kier alpha value is -1.18. The molecule has 7 heteroatoms. The Labute approximate surface area is 119 Å². The van der Waals surface area contributed by atoms with Gasteiger partial charge in [0.2, 0.25) is 10.0 Å². The van der Waals surface area contributed by atoms with Crippen molar-refractivity contribution in [2.75, 3.05) is 12.3 Å². The number of sulfonamides is 1. The van der Waals surface area contributed by atoms with Crippen molar-refractivity contribution in [1.29, 1.82) is 0 Å². The molecule has 1 atom stereocenters. The zero-order chi connectivity index (χ0) is 15.3. The van der Waals surface area contributed by atoms with Crippen molar-refractivity contribution in [3.8, 4) is 0 Å². The van der Waals surface area contributed by atoms with Crippen LogP contribution in [0.1, 0.15) is 26.7 Å². The molecule has 0 fully saturated rings. The first-order valence-electron chi connectivity index (χ1n) is 6.55. The number of aliphatic hydroxyl groups is 1. The number of nitrogen functional groups attached to an aromatic ring is 1. The number of para-hydroxylation sites is 1. The third-order valence-electron chi connectivity index (χ3n) is 3.38. The molecule has 0 aliphatic rings. The summed E-state index contributed by atoms with van der Waals surface area (Å²) in [5.41, 5.74) is 5.01. The lowest BCUT2D eigenvalue weighted by atomic mass is 9.97. The molecule has 0 radical (unpaired) electrons.